The minimum absolute atomic E-state index is 0.308. The molecule has 0 bridgehead atoms. The molecule has 0 heterocycles. The number of likely N-dealkylation sites (N-methyl/N-ethyl adjacent to an activating group) is 1. The Hall–Kier alpha value is -0.920. The predicted molar refractivity (Wildman–Crippen MR) is 64.0 cm³/mol. The summed E-state index contributed by atoms with van der Waals surface area (Å²) >= 11 is 0. The molecule has 0 aromatic rings. The molecule has 0 unspecified atom stereocenters. The molecule has 0 saturated heterocycles. The zero-order chi connectivity index (χ0) is 13.7. The molecule has 0 fully saturated rings. The molecule has 0 spiro atoms. The Labute approximate surface area is 102 Å². The molecule has 0 atom stereocenters. The summed E-state index contributed by atoms with van der Waals surface area (Å²) < 4.78 is 31.8. The first-order chi connectivity index (χ1) is 7.53. The number of primary amides is 1. The Morgan fingerprint density at radius 2 is 1.94 bits per heavy atom. The molecule has 6 nitrogen and oxygen atoms in total. The van der Waals surface area contributed by atoms with E-state index in [1.807, 2.05) is 14.1 Å². The van der Waals surface area contributed by atoms with Crippen molar-refractivity contribution in [2.24, 2.45) is 5.73 Å². The van der Waals surface area contributed by atoms with Crippen LogP contribution in [0.1, 0.15) is 13.3 Å². The lowest BCUT2D eigenvalue weighted by molar-refractivity contribution is -0.884. The second kappa shape index (κ2) is 6.13. The fourth-order valence-electron chi connectivity index (χ4n) is 1.25. The maximum Gasteiger partial charge on any atom is 0.244 e. The maximum absolute atomic E-state index is 10.8. The normalized spacial score (nSPS) is 13.8. The van der Waals surface area contributed by atoms with E-state index in [2.05, 4.69) is 0 Å². The molecule has 0 aromatic heterocycles. The third kappa shape index (κ3) is 8.84. The molecular weight excluding hydrogens is 244 g/mol. The van der Waals surface area contributed by atoms with Gasteiger partial charge in [-0.25, -0.2) is 8.42 Å². The van der Waals surface area contributed by atoms with Crippen LogP contribution in [0.3, 0.4) is 0 Å². The highest BCUT2D eigenvalue weighted by atomic mass is 32.2. The number of nitrogens with zero attached hydrogens (tertiary/aromatic N) is 1. The predicted octanol–water partition coefficient (Wildman–Crippen LogP) is -0.570. The van der Waals surface area contributed by atoms with Gasteiger partial charge in [-0.05, 0) is 13.0 Å². The number of carbonyl (C=O) groups excluding carboxylic acids is 1. The van der Waals surface area contributed by atoms with Crippen molar-refractivity contribution >= 4 is 16.0 Å². The topological polar surface area (TPSA) is 100 Å². The van der Waals surface area contributed by atoms with Crippen molar-refractivity contribution in [1.82, 2.24) is 0 Å². The first-order valence-electron chi connectivity index (χ1n) is 5.26. The van der Waals surface area contributed by atoms with Gasteiger partial charge in [-0.15, -0.1) is 0 Å². The number of amides is 1. The number of nitrogens with two attached hydrogens (primary N) is 1. The Kier molecular flexibility index (Phi) is 5.80. The Bertz CT molecular complexity index is 399. The van der Waals surface area contributed by atoms with Crippen molar-refractivity contribution in [2.75, 3.05) is 32.9 Å². The van der Waals surface area contributed by atoms with Crippen LogP contribution in [0, 0.1) is 0 Å². The molecule has 2 N–H and O–H groups in total. The minimum atomic E-state index is -4.14. The summed E-state index contributed by atoms with van der Waals surface area (Å²) in [5.41, 5.74) is 5.57. The molecule has 1 amide bonds. The third-order valence-corrected chi connectivity index (χ3v) is 3.23. The van der Waals surface area contributed by atoms with E-state index in [0.717, 1.165) is 0 Å². The molecule has 0 aliphatic heterocycles. The summed E-state index contributed by atoms with van der Waals surface area (Å²) in [5, 5.41) is 0. The molecule has 7 heteroatoms. The molecule has 0 rings (SSSR count). The molecular formula is C10H20N2O4S. The van der Waals surface area contributed by atoms with Gasteiger partial charge in [-0.1, -0.05) is 0 Å². The lowest BCUT2D eigenvalue weighted by Gasteiger charge is -2.28. The van der Waals surface area contributed by atoms with Crippen LogP contribution in [0.5, 0.6) is 0 Å². The number of quaternary nitrogens is 1. The molecule has 0 radical (unpaired) electrons. The van der Waals surface area contributed by atoms with E-state index in [0.29, 0.717) is 29.6 Å². The smallest absolute Gasteiger partial charge is 0.244 e. The SMILES string of the molecule is CC(=CC[N+](C)(C)CCCS(=O)(=O)[O-])C(N)=O. The van der Waals surface area contributed by atoms with Gasteiger partial charge in [0.05, 0.1) is 37.3 Å². The monoisotopic (exact) mass is 264 g/mol. The largest absolute Gasteiger partial charge is 0.748 e. The van der Waals surface area contributed by atoms with Gasteiger partial charge >= 0.3 is 0 Å². The standard InChI is InChI=1S/C10H20N2O4S/c1-9(10(11)13)5-7-12(2,3)6-4-8-17(14,15)16/h5H,4,6-8H2,1-3H3,(H2-,11,13,14,15,16). The lowest BCUT2D eigenvalue weighted by Crippen LogP contribution is -2.41. The highest BCUT2D eigenvalue weighted by Crippen LogP contribution is 2.03. The van der Waals surface area contributed by atoms with Gasteiger partial charge in [-0.2, -0.15) is 0 Å². The number of carbonyl (C=O) groups is 1. The first kappa shape index (κ1) is 16.1. The van der Waals surface area contributed by atoms with Crippen LogP contribution >= 0.6 is 0 Å². The van der Waals surface area contributed by atoms with Crippen molar-refractivity contribution in [1.29, 1.82) is 0 Å². The highest BCUT2D eigenvalue weighted by Gasteiger charge is 2.14. The lowest BCUT2D eigenvalue weighted by atomic mass is 10.2. The van der Waals surface area contributed by atoms with Gasteiger partial charge in [0.2, 0.25) is 5.91 Å². The van der Waals surface area contributed by atoms with Crippen molar-refractivity contribution in [3.05, 3.63) is 11.6 Å². The van der Waals surface area contributed by atoms with Gasteiger partial charge in [0.25, 0.3) is 0 Å². The van der Waals surface area contributed by atoms with Crippen molar-refractivity contribution < 1.29 is 22.2 Å². The van der Waals surface area contributed by atoms with E-state index in [1.165, 1.54) is 0 Å². The van der Waals surface area contributed by atoms with Crippen LogP contribution in [0.15, 0.2) is 11.6 Å². The summed E-state index contributed by atoms with van der Waals surface area (Å²) in [6.45, 7) is 2.74. The average Bonchev–Trinajstić information content (AvgIpc) is 2.11. The maximum atomic E-state index is 10.8. The average molecular weight is 264 g/mol. The quantitative estimate of drug-likeness (QED) is 0.378. The zero-order valence-electron chi connectivity index (χ0n) is 10.5. The molecule has 0 saturated carbocycles. The van der Waals surface area contributed by atoms with E-state index < -0.39 is 16.0 Å². The van der Waals surface area contributed by atoms with Crippen molar-refractivity contribution in [2.45, 2.75) is 13.3 Å². The number of hydrogen-bond acceptors (Lipinski definition) is 4. The van der Waals surface area contributed by atoms with Crippen LogP contribution in [0.25, 0.3) is 0 Å². The van der Waals surface area contributed by atoms with Crippen LogP contribution in [-0.4, -0.2) is 56.3 Å². The molecule has 100 valence electrons. The van der Waals surface area contributed by atoms with Crippen LogP contribution in [0.4, 0.5) is 0 Å². The zero-order valence-corrected chi connectivity index (χ0v) is 11.3. The molecule has 0 aliphatic rings. The Morgan fingerprint density at radius 3 is 2.35 bits per heavy atom. The van der Waals surface area contributed by atoms with E-state index >= 15 is 0 Å². The molecule has 0 aliphatic carbocycles. The summed E-state index contributed by atoms with van der Waals surface area (Å²) in [4.78, 5) is 10.8. The third-order valence-electron chi connectivity index (χ3n) is 2.44. The fourth-order valence-corrected chi connectivity index (χ4v) is 1.73. The van der Waals surface area contributed by atoms with Crippen molar-refractivity contribution in [3.8, 4) is 0 Å². The Balaban J connectivity index is 4.22. The first-order valence-corrected chi connectivity index (χ1v) is 6.83. The summed E-state index contributed by atoms with van der Waals surface area (Å²) in [6.07, 6.45) is 2.02. The van der Waals surface area contributed by atoms with Crippen molar-refractivity contribution in [3.63, 3.8) is 0 Å². The minimum Gasteiger partial charge on any atom is -0.748 e. The fraction of sp³-hybridized carbons (Fsp3) is 0.700. The summed E-state index contributed by atoms with van der Waals surface area (Å²) in [5.74, 6) is -0.820. The van der Waals surface area contributed by atoms with Crippen LogP contribution < -0.4 is 5.73 Å². The Morgan fingerprint density at radius 1 is 1.41 bits per heavy atom. The van der Waals surface area contributed by atoms with E-state index in [1.54, 1.807) is 13.0 Å². The molecule has 17 heavy (non-hydrogen) atoms. The second-order valence-electron chi connectivity index (χ2n) is 4.71. The highest BCUT2D eigenvalue weighted by molar-refractivity contribution is 7.85. The number of hydrogen-bond donors (Lipinski definition) is 1. The summed E-state index contributed by atoms with van der Waals surface area (Å²) in [7, 11) is -0.359. The van der Waals surface area contributed by atoms with Gasteiger partial charge in [0.15, 0.2) is 0 Å². The summed E-state index contributed by atoms with van der Waals surface area (Å²) in [6, 6.07) is 0. The van der Waals surface area contributed by atoms with Gasteiger partial charge < -0.3 is 14.8 Å². The van der Waals surface area contributed by atoms with E-state index in [9.17, 15) is 17.8 Å². The number of rotatable bonds is 7. The van der Waals surface area contributed by atoms with E-state index in [4.69, 9.17) is 5.73 Å². The van der Waals surface area contributed by atoms with Gasteiger partial charge in [-0.3, -0.25) is 4.79 Å². The molecule has 0 aromatic carbocycles. The van der Waals surface area contributed by atoms with Crippen LogP contribution in [-0.2, 0) is 14.9 Å². The second-order valence-corrected chi connectivity index (χ2v) is 6.23. The van der Waals surface area contributed by atoms with Gasteiger partial charge in [0.1, 0.15) is 0 Å². The van der Waals surface area contributed by atoms with Crippen LogP contribution in [0.2, 0.25) is 0 Å². The van der Waals surface area contributed by atoms with Gasteiger partial charge in [0, 0.05) is 17.7 Å². The van der Waals surface area contributed by atoms with E-state index in [-0.39, 0.29) is 5.75 Å².